The lowest BCUT2D eigenvalue weighted by atomic mass is 9.75. The van der Waals surface area contributed by atoms with Gasteiger partial charge in [-0.2, -0.15) is 0 Å². The lowest BCUT2D eigenvalue weighted by molar-refractivity contribution is -0.150. The van der Waals surface area contributed by atoms with Crippen molar-refractivity contribution in [1.29, 1.82) is 0 Å². The average Bonchev–Trinajstić information content (AvgIpc) is 2.40. The Balaban J connectivity index is 3.19. The maximum atomic E-state index is 12.5. The smallest absolute Gasteiger partial charge is 0.317 e. The number of nitrogens with two attached hydrogens (primary N) is 1. The molecule has 1 unspecified atom stereocenters. The minimum Gasteiger partial charge on any atom is -0.465 e. The number of ether oxygens (including phenoxy) is 1. The average molecular weight is 277 g/mol. The van der Waals surface area contributed by atoms with Crippen molar-refractivity contribution in [2.45, 2.75) is 46.0 Å². The molecule has 0 radical (unpaired) electrons. The summed E-state index contributed by atoms with van der Waals surface area (Å²) in [6, 6.07) is 8.03. The third-order valence-corrected chi connectivity index (χ3v) is 3.73. The Morgan fingerprint density at radius 2 is 2.10 bits per heavy atom. The van der Waals surface area contributed by atoms with Crippen molar-refractivity contribution in [1.82, 2.24) is 0 Å². The number of hydrogen-bond donors (Lipinski definition) is 1. The van der Waals surface area contributed by atoms with Gasteiger partial charge in [-0.25, -0.2) is 0 Å². The summed E-state index contributed by atoms with van der Waals surface area (Å²) >= 11 is 0. The summed E-state index contributed by atoms with van der Waals surface area (Å²) < 4.78 is 5.31. The van der Waals surface area contributed by atoms with Crippen LogP contribution in [-0.2, 0) is 14.9 Å². The highest BCUT2D eigenvalue weighted by Gasteiger charge is 2.40. The lowest BCUT2D eigenvalue weighted by Gasteiger charge is -2.31. The van der Waals surface area contributed by atoms with Gasteiger partial charge >= 0.3 is 5.97 Å². The first kappa shape index (κ1) is 16.7. The Morgan fingerprint density at radius 3 is 2.60 bits per heavy atom. The van der Waals surface area contributed by atoms with Crippen molar-refractivity contribution in [2.75, 3.05) is 13.2 Å². The van der Waals surface area contributed by atoms with E-state index in [-0.39, 0.29) is 12.5 Å². The molecule has 1 atom stereocenters. The van der Waals surface area contributed by atoms with Gasteiger partial charge in [0.1, 0.15) is 5.41 Å². The van der Waals surface area contributed by atoms with Gasteiger partial charge in [0.05, 0.1) is 6.61 Å². The van der Waals surface area contributed by atoms with Gasteiger partial charge in [-0.15, -0.1) is 0 Å². The van der Waals surface area contributed by atoms with Crippen LogP contribution in [0, 0.1) is 12.8 Å². The summed E-state index contributed by atoms with van der Waals surface area (Å²) in [5.74, 6) is 0.328. The summed E-state index contributed by atoms with van der Waals surface area (Å²) in [5.41, 5.74) is 7.40. The molecule has 112 valence electrons. The van der Waals surface area contributed by atoms with Gasteiger partial charge in [0, 0.05) is 6.54 Å². The summed E-state index contributed by atoms with van der Waals surface area (Å²) in [6.45, 7) is 8.83. The van der Waals surface area contributed by atoms with Crippen LogP contribution < -0.4 is 5.73 Å². The quantitative estimate of drug-likeness (QED) is 0.779. The van der Waals surface area contributed by atoms with Crippen molar-refractivity contribution < 1.29 is 9.53 Å². The predicted octanol–water partition coefficient (Wildman–Crippen LogP) is 3.19. The summed E-state index contributed by atoms with van der Waals surface area (Å²) in [4.78, 5) is 12.5. The highest BCUT2D eigenvalue weighted by Crippen LogP contribution is 2.32. The van der Waals surface area contributed by atoms with Crippen LogP contribution >= 0.6 is 0 Å². The fourth-order valence-corrected chi connectivity index (χ4v) is 2.41. The molecule has 0 aliphatic carbocycles. The van der Waals surface area contributed by atoms with Crippen LogP contribution in [0.5, 0.6) is 0 Å². The van der Waals surface area contributed by atoms with Gasteiger partial charge in [-0.05, 0) is 38.2 Å². The molecule has 0 aliphatic rings. The van der Waals surface area contributed by atoms with Gasteiger partial charge in [-0.1, -0.05) is 43.7 Å². The van der Waals surface area contributed by atoms with Crippen molar-refractivity contribution in [3.63, 3.8) is 0 Å². The molecule has 20 heavy (non-hydrogen) atoms. The fraction of sp³-hybridized carbons (Fsp3) is 0.588. The van der Waals surface area contributed by atoms with E-state index in [9.17, 15) is 4.79 Å². The summed E-state index contributed by atoms with van der Waals surface area (Å²) in [6.07, 6.45) is 1.67. The van der Waals surface area contributed by atoms with Gasteiger partial charge in [-0.3, -0.25) is 4.79 Å². The first-order chi connectivity index (χ1) is 9.46. The van der Waals surface area contributed by atoms with Crippen LogP contribution in [0.4, 0.5) is 0 Å². The molecule has 0 amide bonds. The molecule has 1 aromatic rings. The van der Waals surface area contributed by atoms with Gasteiger partial charge < -0.3 is 10.5 Å². The largest absolute Gasteiger partial charge is 0.465 e. The minimum atomic E-state index is -0.716. The SMILES string of the molecule is CCOC(=O)C(CN)(CCC(C)C)c1cccc(C)c1. The zero-order valence-electron chi connectivity index (χ0n) is 13.1. The topological polar surface area (TPSA) is 52.3 Å². The minimum absolute atomic E-state index is 0.200. The van der Waals surface area contributed by atoms with Crippen molar-refractivity contribution in [3.05, 3.63) is 35.4 Å². The molecule has 0 saturated heterocycles. The van der Waals surface area contributed by atoms with E-state index in [4.69, 9.17) is 10.5 Å². The predicted molar refractivity (Wildman–Crippen MR) is 82.6 cm³/mol. The molecule has 0 fully saturated rings. The molecular formula is C17H27NO2. The van der Waals surface area contributed by atoms with Crippen LogP contribution in [0.25, 0.3) is 0 Å². The third-order valence-electron chi connectivity index (χ3n) is 3.73. The number of benzene rings is 1. The van der Waals surface area contributed by atoms with E-state index in [1.807, 2.05) is 38.1 Å². The number of aryl methyl sites for hydroxylation is 1. The molecule has 0 heterocycles. The highest BCUT2D eigenvalue weighted by molar-refractivity contribution is 5.83. The Hall–Kier alpha value is -1.35. The number of esters is 1. The van der Waals surface area contributed by atoms with E-state index in [0.29, 0.717) is 12.5 Å². The van der Waals surface area contributed by atoms with E-state index >= 15 is 0 Å². The second kappa shape index (κ2) is 7.44. The number of carbonyl (C=O) groups is 1. The first-order valence-corrected chi connectivity index (χ1v) is 7.40. The highest BCUT2D eigenvalue weighted by atomic mass is 16.5. The van der Waals surface area contributed by atoms with E-state index in [1.165, 1.54) is 0 Å². The third kappa shape index (κ3) is 3.83. The molecule has 3 heteroatoms. The lowest BCUT2D eigenvalue weighted by Crippen LogP contribution is -2.44. The summed E-state index contributed by atoms with van der Waals surface area (Å²) in [5, 5.41) is 0. The summed E-state index contributed by atoms with van der Waals surface area (Å²) in [7, 11) is 0. The zero-order chi connectivity index (χ0) is 15.2. The van der Waals surface area contributed by atoms with Crippen molar-refractivity contribution >= 4 is 5.97 Å². The fourth-order valence-electron chi connectivity index (χ4n) is 2.41. The maximum absolute atomic E-state index is 12.5. The van der Waals surface area contributed by atoms with Gasteiger partial charge in [0.15, 0.2) is 0 Å². The molecular weight excluding hydrogens is 250 g/mol. The number of rotatable bonds is 7. The monoisotopic (exact) mass is 277 g/mol. The molecule has 2 N–H and O–H groups in total. The molecule has 1 rings (SSSR count). The molecule has 0 bridgehead atoms. The van der Waals surface area contributed by atoms with E-state index in [0.717, 1.165) is 24.0 Å². The second-order valence-corrected chi connectivity index (χ2v) is 5.81. The maximum Gasteiger partial charge on any atom is 0.317 e. The normalized spacial score (nSPS) is 14.1. The van der Waals surface area contributed by atoms with Crippen LogP contribution in [0.1, 0.15) is 44.7 Å². The van der Waals surface area contributed by atoms with Crippen molar-refractivity contribution in [2.24, 2.45) is 11.7 Å². The Morgan fingerprint density at radius 1 is 1.40 bits per heavy atom. The van der Waals surface area contributed by atoms with E-state index in [1.54, 1.807) is 0 Å². The number of carbonyl (C=O) groups excluding carboxylic acids is 1. The molecule has 0 saturated carbocycles. The molecule has 1 aromatic carbocycles. The van der Waals surface area contributed by atoms with Crippen LogP contribution in [-0.4, -0.2) is 19.1 Å². The molecule has 0 spiro atoms. The van der Waals surface area contributed by atoms with Crippen LogP contribution in [0.2, 0.25) is 0 Å². The van der Waals surface area contributed by atoms with Crippen LogP contribution in [0.3, 0.4) is 0 Å². The Labute approximate surface area is 122 Å². The first-order valence-electron chi connectivity index (χ1n) is 7.40. The van der Waals surface area contributed by atoms with E-state index in [2.05, 4.69) is 13.8 Å². The van der Waals surface area contributed by atoms with E-state index < -0.39 is 5.41 Å². The van der Waals surface area contributed by atoms with Gasteiger partial charge in [0.25, 0.3) is 0 Å². The van der Waals surface area contributed by atoms with Gasteiger partial charge in [0.2, 0.25) is 0 Å². The Bertz CT molecular complexity index is 442. The second-order valence-electron chi connectivity index (χ2n) is 5.81. The molecule has 0 aliphatic heterocycles. The number of hydrogen-bond acceptors (Lipinski definition) is 3. The van der Waals surface area contributed by atoms with Crippen LogP contribution in [0.15, 0.2) is 24.3 Å². The standard InChI is InChI=1S/C17H27NO2/c1-5-20-16(19)17(12-18,10-9-13(2)3)15-8-6-7-14(4)11-15/h6-8,11,13H,5,9-10,12,18H2,1-4H3. The Kier molecular flexibility index (Phi) is 6.21. The molecule has 0 aromatic heterocycles. The molecule has 3 nitrogen and oxygen atoms in total. The van der Waals surface area contributed by atoms with Crippen molar-refractivity contribution in [3.8, 4) is 0 Å². The zero-order valence-corrected chi connectivity index (χ0v) is 13.1.